The average Bonchev–Trinajstić information content (AvgIpc) is 3.62. The van der Waals surface area contributed by atoms with Crippen LogP contribution in [0.5, 0.6) is 5.75 Å². The summed E-state index contributed by atoms with van der Waals surface area (Å²) >= 11 is 0. The van der Waals surface area contributed by atoms with Gasteiger partial charge >= 0.3 is 0 Å². The van der Waals surface area contributed by atoms with Crippen LogP contribution in [0.4, 0.5) is 0 Å². The highest BCUT2D eigenvalue weighted by atomic mass is 16.5. The number of nitrogens with zero attached hydrogens (tertiary/aromatic N) is 5. The number of benzene rings is 1. The molecule has 186 valence electrons. The Hall–Kier alpha value is -3.73. The number of carbonyl (C=O) groups is 2. The Kier molecular flexibility index (Phi) is 7.76. The normalized spacial score (nSPS) is 14.6. The summed E-state index contributed by atoms with van der Waals surface area (Å²) in [6, 6.07) is 9.63. The number of hydrogen-bond acceptors (Lipinski definition) is 8. The highest BCUT2D eigenvalue weighted by Crippen LogP contribution is 2.26. The highest BCUT2D eigenvalue weighted by molar-refractivity contribution is 5.89. The molecule has 1 aliphatic rings. The van der Waals surface area contributed by atoms with Gasteiger partial charge in [-0.15, -0.1) is 10.2 Å². The van der Waals surface area contributed by atoms with E-state index in [1.54, 1.807) is 50.4 Å². The number of aliphatic hydroxyl groups excluding tert-OH is 1. The van der Waals surface area contributed by atoms with Gasteiger partial charge < -0.3 is 24.5 Å². The van der Waals surface area contributed by atoms with Crippen LogP contribution in [0.15, 0.2) is 40.8 Å². The summed E-state index contributed by atoms with van der Waals surface area (Å²) in [5.41, 5.74) is 0.612. The lowest BCUT2D eigenvalue weighted by Crippen LogP contribution is -2.48. The van der Waals surface area contributed by atoms with E-state index in [1.165, 1.54) is 4.90 Å². The van der Waals surface area contributed by atoms with Crippen LogP contribution in [0.1, 0.15) is 43.0 Å². The zero-order valence-corrected chi connectivity index (χ0v) is 19.9. The molecule has 4 rings (SSSR count). The van der Waals surface area contributed by atoms with Crippen LogP contribution in [0.2, 0.25) is 0 Å². The van der Waals surface area contributed by atoms with Gasteiger partial charge in [0.2, 0.25) is 17.6 Å². The van der Waals surface area contributed by atoms with Gasteiger partial charge in [0, 0.05) is 12.6 Å². The zero-order valence-electron chi connectivity index (χ0n) is 19.9. The van der Waals surface area contributed by atoms with Crippen LogP contribution >= 0.6 is 0 Å². The van der Waals surface area contributed by atoms with Crippen molar-refractivity contribution in [2.24, 2.45) is 0 Å². The van der Waals surface area contributed by atoms with Gasteiger partial charge in [0.1, 0.15) is 24.1 Å². The average molecular weight is 483 g/mol. The smallest absolute Gasteiger partial charge is 0.247 e. The molecule has 11 nitrogen and oxygen atoms in total. The first-order valence-corrected chi connectivity index (χ1v) is 11.7. The number of aryl methyl sites for hydroxylation is 1. The molecule has 1 aromatic carbocycles. The minimum absolute atomic E-state index is 0.0352. The summed E-state index contributed by atoms with van der Waals surface area (Å²) in [5, 5.41) is 25.0. The number of hydrogen-bond donors (Lipinski definition) is 2. The molecule has 0 aliphatic heterocycles. The molecular formula is C24H30N6O5. The second-order valence-corrected chi connectivity index (χ2v) is 8.53. The third-order valence-corrected chi connectivity index (χ3v) is 6.04. The monoisotopic (exact) mass is 482 g/mol. The fraction of sp³-hybridized carbons (Fsp3) is 0.458. The van der Waals surface area contributed by atoms with Crippen molar-refractivity contribution in [2.75, 3.05) is 20.3 Å². The van der Waals surface area contributed by atoms with E-state index < -0.39 is 11.9 Å². The molecule has 1 saturated carbocycles. The van der Waals surface area contributed by atoms with Crippen molar-refractivity contribution in [1.29, 1.82) is 0 Å². The number of amides is 2. The van der Waals surface area contributed by atoms with E-state index in [1.807, 2.05) is 0 Å². The second kappa shape index (κ2) is 11.1. The van der Waals surface area contributed by atoms with Crippen molar-refractivity contribution in [1.82, 2.24) is 30.4 Å². The quantitative estimate of drug-likeness (QED) is 0.447. The number of tetrazole rings is 1. The Balaban J connectivity index is 1.58. The summed E-state index contributed by atoms with van der Waals surface area (Å²) in [4.78, 5) is 29.3. The Morgan fingerprint density at radius 2 is 1.97 bits per heavy atom. The van der Waals surface area contributed by atoms with Crippen LogP contribution in [0.25, 0.3) is 11.6 Å². The van der Waals surface area contributed by atoms with Crippen LogP contribution in [0, 0.1) is 6.92 Å². The number of methoxy groups -OCH3 is 1. The summed E-state index contributed by atoms with van der Waals surface area (Å²) in [6.45, 7) is 1.21. The van der Waals surface area contributed by atoms with Crippen molar-refractivity contribution in [2.45, 2.75) is 51.2 Å². The standard InChI is InChI=1S/C24H30N6O5/c1-16-7-12-20(35-16)23-26-28-30(27-23)15-21(32)29(13-14-31)22(17-8-10-19(34-2)11-9-17)24(33)25-18-5-3-4-6-18/h7-12,18,22,31H,3-6,13-15H2,1-2H3,(H,25,33)/t22-/m1/s1. The van der Waals surface area contributed by atoms with Crippen molar-refractivity contribution in [3.8, 4) is 17.3 Å². The topological polar surface area (TPSA) is 136 Å². The predicted molar refractivity (Wildman–Crippen MR) is 125 cm³/mol. The number of carbonyl (C=O) groups excluding carboxylic acids is 2. The number of aliphatic hydroxyl groups is 1. The number of nitrogens with one attached hydrogen (secondary N) is 1. The fourth-order valence-corrected chi connectivity index (χ4v) is 4.29. The molecule has 35 heavy (non-hydrogen) atoms. The van der Waals surface area contributed by atoms with Crippen LogP contribution in [0.3, 0.4) is 0 Å². The first-order chi connectivity index (χ1) is 17.0. The van der Waals surface area contributed by atoms with Gasteiger partial charge in [-0.25, -0.2) is 0 Å². The van der Waals surface area contributed by atoms with Crippen molar-refractivity contribution in [3.63, 3.8) is 0 Å². The molecule has 11 heteroatoms. The minimum atomic E-state index is -0.933. The summed E-state index contributed by atoms with van der Waals surface area (Å²) in [7, 11) is 1.56. The highest BCUT2D eigenvalue weighted by Gasteiger charge is 2.33. The largest absolute Gasteiger partial charge is 0.497 e. The van der Waals surface area contributed by atoms with Gasteiger partial charge in [0.05, 0.1) is 13.7 Å². The first-order valence-electron chi connectivity index (χ1n) is 11.7. The lowest BCUT2D eigenvalue weighted by molar-refractivity contribution is -0.142. The lowest BCUT2D eigenvalue weighted by Gasteiger charge is -2.31. The Morgan fingerprint density at radius 1 is 1.23 bits per heavy atom. The van der Waals surface area contributed by atoms with E-state index >= 15 is 0 Å². The van der Waals surface area contributed by atoms with E-state index in [9.17, 15) is 14.7 Å². The molecule has 1 atom stereocenters. The summed E-state index contributed by atoms with van der Waals surface area (Å²) < 4.78 is 10.7. The van der Waals surface area contributed by atoms with Gasteiger partial charge in [0.15, 0.2) is 5.76 Å². The summed E-state index contributed by atoms with van der Waals surface area (Å²) in [6.07, 6.45) is 3.94. The number of aromatic nitrogens is 4. The molecule has 0 spiro atoms. The maximum absolute atomic E-state index is 13.4. The number of rotatable bonds is 10. The SMILES string of the molecule is COc1ccc([C@H](C(=O)NC2CCCC2)N(CCO)C(=O)Cn2nnc(-c3ccc(C)o3)n2)cc1. The van der Waals surface area contributed by atoms with E-state index in [0.717, 1.165) is 30.5 Å². The Morgan fingerprint density at radius 3 is 2.60 bits per heavy atom. The van der Waals surface area contributed by atoms with Crippen molar-refractivity contribution in [3.05, 3.63) is 47.7 Å². The molecule has 2 amide bonds. The predicted octanol–water partition coefficient (Wildman–Crippen LogP) is 1.87. The number of ether oxygens (including phenoxy) is 1. The van der Waals surface area contributed by atoms with Crippen LogP contribution < -0.4 is 10.1 Å². The van der Waals surface area contributed by atoms with Gasteiger partial charge in [-0.1, -0.05) is 25.0 Å². The second-order valence-electron chi connectivity index (χ2n) is 8.53. The van der Waals surface area contributed by atoms with Gasteiger partial charge in [0.25, 0.3) is 0 Å². The van der Waals surface area contributed by atoms with Gasteiger partial charge in [-0.05, 0) is 54.8 Å². The molecule has 3 aromatic rings. The maximum Gasteiger partial charge on any atom is 0.247 e. The van der Waals surface area contributed by atoms with E-state index in [4.69, 9.17) is 9.15 Å². The molecule has 2 heterocycles. The molecule has 2 aromatic heterocycles. The summed E-state index contributed by atoms with van der Waals surface area (Å²) in [5.74, 6) is 1.32. The third-order valence-electron chi connectivity index (χ3n) is 6.04. The minimum Gasteiger partial charge on any atom is -0.497 e. The Labute approximate surface area is 203 Å². The van der Waals surface area contributed by atoms with E-state index in [0.29, 0.717) is 22.8 Å². The lowest BCUT2D eigenvalue weighted by atomic mass is 10.0. The van der Waals surface area contributed by atoms with Gasteiger partial charge in [-0.2, -0.15) is 4.80 Å². The van der Waals surface area contributed by atoms with E-state index in [-0.39, 0.29) is 37.5 Å². The van der Waals surface area contributed by atoms with Crippen LogP contribution in [-0.2, 0) is 16.1 Å². The maximum atomic E-state index is 13.4. The fourth-order valence-electron chi connectivity index (χ4n) is 4.29. The Bertz CT molecular complexity index is 1140. The van der Waals surface area contributed by atoms with Crippen molar-refractivity contribution >= 4 is 11.8 Å². The molecule has 0 saturated heterocycles. The molecule has 1 fully saturated rings. The van der Waals surface area contributed by atoms with Crippen molar-refractivity contribution < 1.29 is 23.8 Å². The molecule has 0 radical (unpaired) electrons. The molecule has 0 bridgehead atoms. The zero-order chi connectivity index (χ0) is 24.8. The molecule has 0 unspecified atom stereocenters. The molecule has 2 N–H and O–H groups in total. The van der Waals surface area contributed by atoms with E-state index in [2.05, 4.69) is 20.7 Å². The number of furan rings is 1. The molecule has 1 aliphatic carbocycles. The van der Waals surface area contributed by atoms with Crippen LogP contribution in [-0.4, -0.2) is 68.3 Å². The van der Waals surface area contributed by atoms with Gasteiger partial charge in [-0.3, -0.25) is 9.59 Å². The first kappa shape index (κ1) is 24.4. The third kappa shape index (κ3) is 5.86. The molecular weight excluding hydrogens is 452 g/mol.